The lowest BCUT2D eigenvalue weighted by molar-refractivity contribution is 0.302. The molecule has 1 aliphatic heterocycles. The first kappa shape index (κ1) is 22.5. The molecule has 0 saturated heterocycles. The number of anilines is 4. The molecular formula is C25H29N7O. The normalized spacial score (nSPS) is 15.3. The average Bonchev–Trinajstić information content (AvgIpc) is 2.79. The van der Waals surface area contributed by atoms with Gasteiger partial charge in [0, 0.05) is 18.8 Å². The minimum Gasteiger partial charge on any atom is -0.490 e. The van der Waals surface area contributed by atoms with Crippen molar-refractivity contribution in [1.82, 2.24) is 20.2 Å². The highest BCUT2D eigenvalue weighted by atomic mass is 16.5. The number of rotatable bonds is 0. The lowest BCUT2D eigenvalue weighted by atomic mass is 10.2. The summed E-state index contributed by atoms with van der Waals surface area (Å²) in [6.45, 7) is 6.11. The van der Waals surface area contributed by atoms with Crippen LogP contribution in [0.2, 0.25) is 0 Å². The van der Waals surface area contributed by atoms with Crippen molar-refractivity contribution in [3.05, 3.63) is 65.4 Å². The van der Waals surface area contributed by atoms with E-state index < -0.39 is 0 Å². The van der Waals surface area contributed by atoms with E-state index in [1.54, 1.807) is 0 Å². The minimum absolute atomic E-state index is 0.376. The summed E-state index contributed by atoms with van der Waals surface area (Å²) in [5.41, 5.74) is 4.32. The van der Waals surface area contributed by atoms with Crippen molar-refractivity contribution in [2.45, 2.75) is 19.9 Å². The molecule has 1 aromatic heterocycles. The van der Waals surface area contributed by atoms with Crippen LogP contribution in [0.3, 0.4) is 0 Å². The number of nitrogens with zero attached hydrogens (tertiary/aromatic N) is 4. The molecule has 1 aliphatic rings. The fourth-order valence-electron chi connectivity index (χ4n) is 3.71. The van der Waals surface area contributed by atoms with E-state index in [0.717, 1.165) is 55.3 Å². The van der Waals surface area contributed by atoms with Gasteiger partial charge in [0.1, 0.15) is 24.0 Å². The Morgan fingerprint density at radius 3 is 2.91 bits per heavy atom. The smallest absolute Gasteiger partial charge is 0.229 e. The molecule has 170 valence electrons. The summed E-state index contributed by atoms with van der Waals surface area (Å²) in [5.74, 6) is 1.58. The highest BCUT2D eigenvalue weighted by Gasteiger charge is 2.12. The molecule has 0 amide bonds. The van der Waals surface area contributed by atoms with E-state index >= 15 is 0 Å². The van der Waals surface area contributed by atoms with Crippen molar-refractivity contribution in [2.24, 2.45) is 0 Å². The zero-order valence-corrected chi connectivity index (χ0v) is 19.1. The van der Waals surface area contributed by atoms with E-state index in [2.05, 4.69) is 56.1 Å². The number of aryl methyl sites for hydroxylation is 1. The third-order valence-electron chi connectivity index (χ3n) is 5.36. The molecule has 0 atom stereocenters. The van der Waals surface area contributed by atoms with Crippen LogP contribution in [0.4, 0.5) is 23.1 Å². The average molecular weight is 444 g/mol. The molecule has 2 aromatic carbocycles. The third-order valence-corrected chi connectivity index (χ3v) is 5.36. The van der Waals surface area contributed by atoms with Crippen molar-refractivity contribution in [1.29, 1.82) is 5.26 Å². The molecule has 33 heavy (non-hydrogen) atoms. The Hall–Kier alpha value is -3.67. The molecule has 4 bridgehead atoms. The van der Waals surface area contributed by atoms with Gasteiger partial charge in [-0.2, -0.15) is 10.2 Å². The maximum Gasteiger partial charge on any atom is 0.229 e. The standard InChI is InChI=1S/C25H29N7O/c1-18-7-8-23-22(13-18)30-25-28-16-20(15-26)24(31-25)29-21-6-3-5-19(14-21)17-32(2)11-4-9-27-10-12-33-23/h3,5-8,13-14,16,27H,4,9-12,17H2,1-2H3,(H2,28,29,30,31). The number of aromatic nitrogens is 2. The highest BCUT2D eigenvalue weighted by Crippen LogP contribution is 2.29. The van der Waals surface area contributed by atoms with Crippen LogP contribution >= 0.6 is 0 Å². The molecule has 0 spiro atoms. The first-order valence-electron chi connectivity index (χ1n) is 11.1. The van der Waals surface area contributed by atoms with E-state index in [9.17, 15) is 5.26 Å². The molecule has 8 nitrogen and oxygen atoms in total. The van der Waals surface area contributed by atoms with Crippen molar-refractivity contribution in [3.8, 4) is 11.8 Å². The summed E-state index contributed by atoms with van der Waals surface area (Å²) in [6, 6.07) is 16.3. The molecule has 3 aromatic rings. The number of nitrogens with one attached hydrogen (secondary N) is 3. The molecule has 0 aliphatic carbocycles. The Bertz CT molecular complexity index is 1140. The van der Waals surface area contributed by atoms with Crippen LogP contribution in [0.15, 0.2) is 48.7 Å². The molecule has 0 radical (unpaired) electrons. The van der Waals surface area contributed by atoms with Crippen molar-refractivity contribution >= 4 is 23.1 Å². The number of hydrogen-bond donors (Lipinski definition) is 3. The Labute approximate surface area is 194 Å². The van der Waals surface area contributed by atoms with Crippen LogP contribution < -0.4 is 20.7 Å². The molecule has 4 rings (SSSR count). The van der Waals surface area contributed by atoms with Crippen molar-refractivity contribution in [2.75, 3.05) is 43.9 Å². The van der Waals surface area contributed by atoms with Gasteiger partial charge in [-0.3, -0.25) is 0 Å². The lowest BCUT2D eigenvalue weighted by Gasteiger charge is -2.17. The topological polar surface area (TPSA) is 98.1 Å². The third kappa shape index (κ3) is 6.19. The Morgan fingerprint density at radius 2 is 2.03 bits per heavy atom. The van der Waals surface area contributed by atoms with Gasteiger partial charge in [0.05, 0.1) is 11.9 Å². The van der Waals surface area contributed by atoms with Crippen LogP contribution in [0.25, 0.3) is 0 Å². The monoisotopic (exact) mass is 443 g/mol. The van der Waals surface area contributed by atoms with Crippen LogP contribution in [-0.2, 0) is 6.54 Å². The zero-order chi connectivity index (χ0) is 23.0. The Balaban J connectivity index is 1.67. The predicted molar refractivity (Wildman–Crippen MR) is 130 cm³/mol. The van der Waals surface area contributed by atoms with E-state index in [4.69, 9.17) is 4.74 Å². The van der Waals surface area contributed by atoms with E-state index in [1.807, 2.05) is 37.3 Å². The van der Waals surface area contributed by atoms with Crippen LogP contribution in [0.1, 0.15) is 23.1 Å². The fourth-order valence-corrected chi connectivity index (χ4v) is 3.71. The second-order valence-electron chi connectivity index (χ2n) is 8.21. The number of hydrogen-bond acceptors (Lipinski definition) is 8. The van der Waals surface area contributed by atoms with Gasteiger partial charge < -0.3 is 25.6 Å². The molecule has 2 heterocycles. The van der Waals surface area contributed by atoms with Crippen molar-refractivity contribution in [3.63, 3.8) is 0 Å². The summed E-state index contributed by atoms with van der Waals surface area (Å²) in [4.78, 5) is 11.2. The van der Waals surface area contributed by atoms with Gasteiger partial charge in [0.15, 0.2) is 5.82 Å². The molecule has 0 unspecified atom stereocenters. The first-order valence-corrected chi connectivity index (χ1v) is 11.1. The van der Waals surface area contributed by atoms with Gasteiger partial charge in [0.25, 0.3) is 0 Å². The second kappa shape index (κ2) is 10.8. The van der Waals surface area contributed by atoms with E-state index in [0.29, 0.717) is 23.9 Å². The summed E-state index contributed by atoms with van der Waals surface area (Å²) >= 11 is 0. The quantitative estimate of drug-likeness (QED) is 0.481. The van der Waals surface area contributed by atoms with Crippen molar-refractivity contribution < 1.29 is 4.74 Å². The molecule has 0 saturated carbocycles. The highest BCUT2D eigenvalue weighted by molar-refractivity contribution is 5.67. The zero-order valence-electron chi connectivity index (χ0n) is 19.1. The number of nitriles is 1. The molecule has 3 N–H and O–H groups in total. The molecular weight excluding hydrogens is 414 g/mol. The predicted octanol–water partition coefficient (Wildman–Crippen LogP) is 3.95. The van der Waals surface area contributed by atoms with Gasteiger partial charge in [-0.15, -0.1) is 0 Å². The number of benzene rings is 2. The second-order valence-corrected chi connectivity index (χ2v) is 8.21. The van der Waals surface area contributed by atoms with Crippen LogP contribution in [0.5, 0.6) is 5.75 Å². The van der Waals surface area contributed by atoms with Gasteiger partial charge in [-0.1, -0.05) is 18.2 Å². The largest absolute Gasteiger partial charge is 0.490 e. The SMILES string of the molecule is Cc1ccc2c(c1)Nc1ncc(C#N)c(n1)Nc1cccc(c1)CN(C)CCCNCCO2. The maximum atomic E-state index is 9.57. The van der Waals surface area contributed by atoms with E-state index in [1.165, 1.54) is 11.8 Å². The fraction of sp³-hybridized carbons (Fsp3) is 0.320. The number of ether oxygens (including phenoxy) is 1. The van der Waals surface area contributed by atoms with E-state index in [-0.39, 0.29) is 0 Å². The molecule has 8 heteroatoms. The van der Waals surface area contributed by atoms with Crippen LogP contribution in [-0.4, -0.2) is 48.2 Å². The van der Waals surface area contributed by atoms with Gasteiger partial charge in [-0.25, -0.2) is 4.98 Å². The lowest BCUT2D eigenvalue weighted by Crippen LogP contribution is -2.26. The molecule has 0 fully saturated rings. The Kier molecular flexibility index (Phi) is 7.35. The summed E-state index contributed by atoms with van der Waals surface area (Å²) in [6.07, 6.45) is 2.58. The summed E-state index contributed by atoms with van der Waals surface area (Å²) in [7, 11) is 2.13. The van der Waals surface area contributed by atoms with Gasteiger partial charge in [-0.05, 0) is 68.9 Å². The van der Waals surface area contributed by atoms with Gasteiger partial charge >= 0.3 is 0 Å². The summed E-state index contributed by atoms with van der Waals surface area (Å²) < 4.78 is 6.02. The van der Waals surface area contributed by atoms with Gasteiger partial charge in [0.2, 0.25) is 5.95 Å². The number of fused-ring (bicyclic) bond motifs is 5. The first-order chi connectivity index (χ1) is 16.1. The van der Waals surface area contributed by atoms with Crippen LogP contribution in [0, 0.1) is 18.3 Å². The minimum atomic E-state index is 0.376. The maximum absolute atomic E-state index is 9.57. The summed E-state index contributed by atoms with van der Waals surface area (Å²) in [5, 5.41) is 19.6. The Morgan fingerprint density at radius 1 is 1.12 bits per heavy atom.